The summed E-state index contributed by atoms with van der Waals surface area (Å²) in [6.07, 6.45) is 3.31. The van der Waals surface area contributed by atoms with Crippen LogP contribution in [0.1, 0.15) is 16.1 Å². The van der Waals surface area contributed by atoms with Gasteiger partial charge in [0.1, 0.15) is 11.4 Å². The van der Waals surface area contributed by atoms with E-state index in [1.54, 1.807) is 19.3 Å². The maximum atomic E-state index is 13.2. The topological polar surface area (TPSA) is 74.8 Å². The quantitative estimate of drug-likeness (QED) is 0.389. The van der Waals surface area contributed by atoms with Crippen molar-refractivity contribution in [1.82, 2.24) is 9.88 Å². The van der Waals surface area contributed by atoms with Gasteiger partial charge in [0.15, 0.2) is 0 Å². The number of anilines is 2. The number of amides is 2. The normalized spacial score (nSPS) is 13.6. The zero-order chi connectivity index (χ0) is 25.6. The maximum absolute atomic E-state index is 13.2. The van der Waals surface area contributed by atoms with Crippen LogP contribution in [0, 0.1) is 0 Å². The number of carbonyl (C=O) groups excluding carboxylic acids is 2. The van der Waals surface area contributed by atoms with E-state index in [-0.39, 0.29) is 11.8 Å². The number of carbonyl (C=O) groups is 2. The average molecular weight is 493 g/mol. The number of piperazine rings is 1. The largest absolute Gasteiger partial charge is 0.496 e. The van der Waals surface area contributed by atoms with Crippen molar-refractivity contribution >= 4 is 40.2 Å². The number of benzene rings is 3. The summed E-state index contributed by atoms with van der Waals surface area (Å²) in [5, 5.41) is 3.78. The van der Waals surface area contributed by atoms with Crippen LogP contribution in [-0.4, -0.2) is 55.0 Å². The molecule has 0 atom stereocenters. The molecular weight excluding hydrogens is 464 g/mol. The molecule has 1 aromatic heterocycles. The number of rotatable bonds is 6. The predicted octanol–water partition coefficient (Wildman–Crippen LogP) is 4.86. The third-order valence-electron chi connectivity index (χ3n) is 6.41. The Morgan fingerprint density at radius 3 is 2.32 bits per heavy atom. The molecule has 2 heterocycles. The van der Waals surface area contributed by atoms with Gasteiger partial charge in [0.25, 0.3) is 5.91 Å². The third-order valence-corrected chi connectivity index (χ3v) is 6.41. The van der Waals surface area contributed by atoms with Crippen molar-refractivity contribution in [3.8, 4) is 5.75 Å². The Balaban J connectivity index is 1.18. The zero-order valence-corrected chi connectivity index (χ0v) is 20.6. The van der Waals surface area contributed by atoms with E-state index < -0.39 is 0 Å². The molecule has 7 nitrogen and oxygen atoms in total. The number of hydrogen-bond donors (Lipinski definition) is 1. The number of fused-ring (bicyclic) bond motifs is 1. The molecule has 7 heteroatoms. The number of aromatic nitrogens is 1. The minimum Gasteiger partial charge on any atom is -0.496 e. The lowest BCUT2D eigenvalue weighted by molar-refractivity contribution is -0.111. The van der Waals surface area contributed by atoms with Gasteiger partial charge < -0.3 is 19.9 Å². The van der Waals surface area contributed by atoms with E-state index >= 15 is 0 Å². The van der Waals surface area contributed by atoms with E-state index in [1.807, 2.05) is 83.8 Å². The molecule has 186 valence electrons. The van der Waals surface area contributed by atoms with Crippen molar-refractivity contribution in [3.63, 3.8) is 0 Å². The highest BCUT2D eigenvalue weighted by molar-refractivity contribution is 6.02. The molecule has 0 radical (unpaired) electrons. The highest BCUT2D eigenvalue weighted by atomic mass is 16.5. The number of methoxy groups -OCH3 is 1. The fourth-order valence-electron chi connectivity index (χ4n) is 4.43. The minimum absolute atomic E-state index is 0.0923. The zero-order valence-electron chi connectivity index (χ0n) is 20.6. The van der Waals surface area contributed by atoms with Gasteiger partial charge in [-0.3, -0.25) is 9.59 Å². The van der Waals surface area contributed by atoms with E-state index in [9.17, 15) is 9.59 Å². The molecule has 1 saturated heterocycles. The molecule has 0 saturated carbocycles. The molecule has 1 N–H and O–H groups in total. The van der Waals surface area contributed by atoms with Gasteiger partial charge in [-0.15, -0.1) is 0 Å². The average Bonchev–Trinajstić information content (AvgIpc) is 2.96. The summed E-state index contributed by atoms with van der Waals surface area (Å²) >= 11 is 0. The van der Waals surface area contributed by atoms with Crippen molar-refractivity contribution in [2.45, 2.75) is 0 Å². The monoisotopic (exact) mass is 492 g/mol. The number of nitrogens with one attached hydrogen (secondary N) is 1. The van der Waals surface area contributed by atoms with E-state index in [0.717, 1.165) is 27.8 Å². The fourth-order valence-corrected chi connectivity index (χ4v) is 4.43. The first-order valence-corrected chi connectivity index (χ1v) is 12.2. The minimum atomic E-state index is -0.178. The molecule has 37 heavy (non-hydrogen) atoms. The second-order valence-corrected chi connectivity index (χ2v) is 8.79. The Morgan fingerprint density at radius 2 is 1.59 bits per heavy atom. The summed E-state index contributed by atoms with van der Waals surface area (Å²) in [7, 11) is 1.60. The fraction of sp³-hybridized carbons (Fsp3) is 0.167. The lowest BCUT2D eigenvalue weighted by Crippen LogP contribution is -2.49. The summed E-state index contributed by atoms with van der Waals surface area (Å²) in [5.74, 6) is 0.378. The van der Waals surface area contributed by atoms with Crippen molar-refractivity contribution in [1.29, 1.82) is 0 Å². The van der Waals surface area contributed by atoms with Gasteiger partial charge >= 0.3 is 0 Å². The summed E-state index contributed by atoms with van der Waals surface area (Å²) in [6, 6.07) is 26.8. The molecule has 5 rings (SSSR count). The van der Waals surface area contributed by atoms with Crippen molar-refractivity contribution in [2.24, 2.45) is 0 Å². The molecule has 0 aliphatic carbocycles. The summed E-state index contributed by atoms with van der Waals surface area (Å²) in [5.41, 5.74) is 3.89. The van der Waals surface area contributed by atoms with E-state index in [1.165, 1.54) is 6.08 Å². The molecule has 1 fully saturated rings. The van der Waals surface area contributed by atoms with Gasteiger partial charge in [-0.05, 0) is 48.0 Å². The lowest BCUT2D eigenvalue weighted by atomic mass is 10.1. The summed E-state index contributed by atoms with van der Waals surface area (Å²) in [6.45, 7) is 2.61. The van der Waals surface area contributed by atoms with Crippen molar-refractivity contribution in [3.05, 3.63) is 102 Å². The molecule has 1 aliphatic heterocycles. The number of pyridine rings is 1. The Kier molecular flexibility index (Phi) is 7.12. The number of nitrogens with zero attached hydrogens (tertiary/aromatic N) is 3. The third kappa shape index (κ3) is 5.62. The second-order valence-electron chi connectivity index (χ2n) is 8.79. The van der Waals surface area contributed by atoms with Crippen LogP contribution in [0.2, 0.25) is 0 Å². The van der Waals surface area contributed by atoms with Gasteiger partial charge in [-0.1, -0.05) is 42.5 Å². The standard InChI is InChI=1S/C30H28N4O3/c1-37-28-21-27(32-26-10-6-5-9-25(26)28)30(36)34-19-17-33(18-20-34)24-14-12-23(13-15-24)31-29(35)16-11-22-7-3-2-4-8-22/h2-16,21H,17-20H2,1H3,(H,31,35). The molecule has 2 amide bonds. The van der Waals surface area contributed by atoms with Crippen molar-refractivity contribution < 1.29 is 14.3 Å². The van der Waals surface area contributed by atoms with Crippen LogP contribution in [0.15, 0.2) is 91.0 Å². The highest BCUT2D eigenvalue weighted by Gasteiger charge is 2.24. The van der Waals surface area contributed by atoms with E-state index in [4.69, 9.17) is 4.74 Å². The molecule has 0 unspecified atom stereocenters. The lowest BCUT2D eigenvalue weighted by Gasteiger charge is -2.36. The first-order valence-electron chi connectivity index (χ1n) is 12.2. The summed E-state index contributed by atoms with van der Waals surface area (Å²) in [4.78, 5) is 34.1. The van der Waals surface area contributed by atoms with Gasteiger partial charge in [0.2, 0.25) is 5.91 Å². The second kappa shape index (κ2) is 11.0. The molecular formula is C30H28N4O3. The SMILES string of the molecule is COc1cc(C(=O)N2CCN(c3ccc(NC(=O)C=Cc4ccccc4)cc3)CC2)nc2ccccc12. The predicted molar refractivity (Wildman–Crippen MR) is 147 cm³/mol. The highest BCUT2D eigenvalue weighted by Crippen LogP contribution is 2.26. The molecule has 3 aromatic carbocycles. The smallest absolute Gasteiger partial charge is 0.272 e. The number of para-hydroxylation sites is 1. The Labute approximate surface area is 216 Å². The van der Waals surface area contributed by atoms with E-state index in [2.05, 4.69) is 15.2 Å². The van der Waals surface area contributed by atoms with Crippen LogP contribution in [0.4, 0.5) is 11.4 Å². The van der Waals surface area contributed by atoms with Crippen LogP contribution < -0.4 is 15.0 Å². The van der Waals surface area contributed by atoms with Gasteiger partial charge in [0, 0.05) is 55.1 Å². The first kappa shape index (κ1) is 24.1. The van der Waals surface area contributed by atoms with Crippen LogP contribution in [0.3, 0.4) is 0 Å². The van der Waals surface area contributed by atoms with Crippen LogP contribution in [0.5, 0.6) is 5.75 Å². The Bertz CT molecular complexity index is 1430. The van der Waals surface area contributed by atoms with E-state index in [0.29, 0.717) is 37.6 Å². The van der Waals surface area contributed by atoms with Gasteiger partial charge in [-0.2, -0.15) is 0 Å². The Morgan fingerprint density at radius 1 is 0.892 bits per heavy atom. The molecule has 0 spiro atoms. The van der Waals surface area contributed by atoms with Crippen LogP contribution in [0.25, 0.3) is 17.0 Å². The van der Waals surface area contributed by atoms with Gasteiger partial charge in [0.05, 0.1) is 12.6 Å². The first-order chi connectivity index (χ1) is 18.1. The molecule has 1 aliphatic rings. The maximum Gasteiger partial charge on any atom is 0.272 e. The van der Waals surface area contributed by atoms with Crippen LogP contribution >= 0.6 is 0 Å². The van der Waals surface area contributed by atoms with Crippen molar-refractivity contribution in [2.75, 3.05) is 43.5 Å². The number of hydrogen-bond acceptors (Lipinski definition) is 5. The molecule has 4 aromatic rings. The Hall–Kier alpha value is -4.65. The molecule has 0 bridgehead atoms. The van der Waals surface area contributed by atoms with Gasteiger partial charge in [-0.25, -0.2) is 4.98 Å². The van der Waals surface area contributed by atoms with Crippen LogP contribution in [-0.2, 0) is 4.79 Å². The number of ether oxygens (including phenoxy) is 1. The summed E-state index contributed by atoms with van der Waals surface area (Å²) < 4.78 is 5.50.